The van der Waals surface area contributed by atoms with Gasteiger partial charge in [-0.1, -0.05) is 19.1 Å². The standard InChI is InChI=1S/C16H24F2N2O.ClH/c1-11-6-13(7-12(2)14(11)21-15(17)18)8-20-5-4-16(3,9-19)10-20;/h6-7,15H,4-5,8-10,19H2,1-3H3;1H. The number of nitrogens with zero attached hydrogens (tertiary/aromatic N) is 1. The molecule has 1 atom stereocenters. The fourth-order valence-electron chi connectivity index (χ4n) is 3.09. The molecule has 2 rings (SSSR count). The third kappa shape index (κ3) is 4.54. The van der Waals surface area contributed by atoms with Crippen LogP contribution in [0.25, 0.3) is 0 Å². The van der Waals surface area contributed by atoms with E-state index in [0.717, 1.165) is 42.7 Å². The van der Waals surface area contributed by atoms with Gasteiger partial charge in [-0.15, -0.1) is 12.4 Å². The largest absolute Gasteiger partial charge is 0.434 e. The van der Waals surface area contributed by atoms with Crippen molar-refractivity contribution in [3.8, 4) is 5.75 Å². The Kier molecular flexibility index (Phi) is 6.59. The second-order valence-corrected chi connectivity index (χ2v) is 6.41. The first-order chi connectivity index (χ1) is 9.83. The lowest BCUT2D eigenvalue weighted by Crippen LogP contribution is -2.31. The summed E-state index contributed by atoms with van der Waals surface area (Å²) in [5.41, 5.74) is 8.66. The van der Waals surface area contributed by atoms with E-state index in [9.17, 15) is 8.78 Å². The molecule has 1 fully saturated rings. The minimum absolute atomic E-state index is 0. The maximum absolute atomic E-state index is 12.4. The van der Waals surface area contributed by atoms with Gasteiger partial charge in [-0.25, -0.2) is 0 Å². The molecular formula is C16H25ClF2N2O. The van der Waals surface area contributed by atoms with Gasteiger partial charge in [-0.3, -0.25) is 4.90 Å². The third-order valence-corrected chi connectivity index (χ3v) is 4.26. The van der Waals surface area contributed by atoms with Crippen molar-refractivity contribution in [2.24, 2.45) is 11.1 Å². The van der Waals surface area contributed by atoms with Crippen LogP contribution in [-0.2, 0) is 6.54 Å². The van der Waals surface area contributed by atoms with Gasteiger partial charge in [0, 0.05) is 13.1 Å². The van der Waals surface area contributed by atoms with E-state index in [1.165, 1.54) is 0 Å². The normalized spacial score (nSPS) is 22.0. The van der Waals surface area contributed by atoms with Gasteiger partial charge in [-0.2, -0.15) is 8.78 Å². The Bertz CT molecular complexity index is 490. The van der Waals surface area contributed by atoms with Gasteiger partial charge >= 0.3 is 6.61 Å². The first-order valence-corrected chi connectivity index (χ1v) is 7.30. The number of ether oxygens (including phenoxy) is 1. The predicted octanol–water partition coefficient (Wildman–Crippen LogP) is 3.50. The highest BCUT2D eigenvalue weighted by atomic mass is 35.5. The molecule has 1 aliphatic rings. The zero-order valence-corrected chi connectivity index (χ0v) is 14.2. The smallest absolute Gasteiger partial charge is 0.387 e. The van der Waals surface area contributed by atoms with Gasteiger partial charge < -0.3 is 10.5 Å². The Hall–Kier alpha value is -0.910. The number of halogens is 3. The predicted molar refractivity (Wildman–Crippen MR) is 86.9 cm³/mol. The molecule has 0 amide bonds. The Morgan fingerprint density at radius 1 is 1.32 bits per heavy atom. The van der Waals surface area contributed by atoms with Crippen molar-refractivity contribution in [2.45, 2.75) is 40.3 Å². The Labute approximate surface area is 137 Å². The van der Waals surface area contributed by atoms with Crippen molar-refractivity contribution in [3.05, 3.63) is 28.8 Å². The lowest BCUT2D eigenvalue weighted by Gasteiger charge is -2.23. The summed E-state index contributed by atoms with van der Waals surface area (Å²) in [5, 5.41) is 0. The lowest BCUT2D eigenvalue weighted by molar-refractivity contribution is -0.0507. The first kappa shape index (κ1) is 19.1. The number of likely N-dealkylation sites (tertiary alicyclic amines) is 1. The van der Waals surface area contributed by atoms with Crippen LogP contribution in [0, 0.1) is 19.3 Å². The molecular weight excluding hydrogens is 310 g/mol. The summed E-state index contributed by atoms with van der Waals surface area (Å²) < 4.78 is 29.4. The van der Waals surface area contributed by atoms with Crippen molar-refractivity contribution >= 4 is 12.4 Å². The Morgan fingerprint density at radius 3 is 2.36 bits per heavy atom. The Morgan fingerprint density at radius 2 is 1.91 bits per heavy atom. The number of hydrogen-bond acceptors (Lipinski definition) is 3. The van der Waals surface area contributed by atoms with Crippen LogP contribution in [0.4, 0.5) is 8.78 Å². The average molecular weight is 335 g/mol. The molecule has 2 N–H and O–H groups in total. The fourth-order valence-corrected chi connectivity index (χ4v) is 3.09. The van der Waals surface area contributed by atoms with Gasteiger partial charge in [0.05, 0.1) is 0 Å². The molecule has 0 bridgehead atoms. The minimum atomic E-state index is -2.78. The maximum Gasteiger partial charge on any atom is 0.387 e. The molecule has 1 unspecified atom stereocenters. The monoisotopic (exact) mass is 334 g/mol. The molecule has 1 saturated heterocycles. The van der Waals surface area contributed by atoms with Gasteiger partial charge in [-0.05, 0) is 55.5 Å². The van der Waals surface area contributed by atoms with E-state index in [1.807, 2.05) is 26.0 Å². The quantitative estimate of drug-likeness (QED) is 0.895. The topological polar surface area (TPSA) is 38.5 Å². The summed E-state index contributed by atoms with van der Waals surface area (Å²) in [7, 11) is 0. The van der Waals surface area contributed by atoms with Crippen molar-refractivity contribution in [3.63, 3.8) is 0 Å². The minimum Gasteiger partial charge on any atom is -0.434 e. The molecule has 0 saturated carbocycles. The van der Waals surface area contributed by atoms with E-state index in [2.05, 4.69) is 16.6 Å². The number of hydrogen-bond donors (Lipinski definition) is 1. The summed E-state index contributed by atoms with van der Waals surface area (Å²) in [6.45, 7) is 6.58. The van der Waals surface area contributed by atoms with Gasteiger partial charge in [0.15, 0.2) is 0 Å². The lowest BCUT2D eigenvalue weighted by atomic mass is 9.90. The molecule has 0 aromatic heterocycles. The van der Waals surface area contributed by atoms with Crippen molar-refractivity contribution in [2.75, 3.05) is 19.6 Å². The maximum atomic E-state index is 12.4. The van der Waals surface area contributed by atoms with Crippen molar-refractivity contribution in [1.29, 1.82) is 0 Å². The summed E-state index contributed by atoms with van der Waals surface area (Å²) in [4.78, 5) is 2.37. The van der Waals surface area contributed by atoms with Crippen LogP contribution in [-0.4, -0.2) is 31.1 Å². The van der Waals surface area contributed by atoms with Crippen LogP contribution in [0.15, 0.2) is 12.1 Å². The van der Waals surface area contributed by atoms with Gasteiger partial charge in [0.2, 0.25) is 0 Å². The second kappa shape index (κ2) is 7.57. The zero-order chi connectivity index (χ0) is 15.6. The summed E-state index contributed by atoms with van der Waals surface area (Å²) in [6, 6.07) is 3.87. The number of aryl methyl sites for hydroxylation is 2. The number of benzene rings is 1. The number of rotatable bonds is 5. The van der Waals surface area contributed by atoms with Crippen LogP contribution >= 0.6 is 12.4 Å². The van der Waals surface area contributed by atoms with Gasteiger partial charge in [0.1, 0.15) is 5.75 Å². The van der Waals surface area contributed by atoms with Crippen LogP contribution in [0.3, 0.4) is 0 Å². The van der Waals surface area contributed by atoms with E-state index >= 15 is 0 Å². The summed E-state index contributed by atoms with van der Waals surface area (Å²) >= 11 is 0. The van der Waals surface area contributed by atoms with E-state index in [4.69, 9.17) is 5.73 Å². The molecule has 1 aromatic carbocycles. The molecule has 0 aliphatic carbocycles. The molecule has 1 aromatic rings. The SMILES string of the molecule is Cc1cc(CN2CCC(C)(CN)C2)cc(C)c1OC(F)F.Cl. The molecule has 6 heteroatoms. The van der Waals surface area contributed by atoms with Crippen molar-refractivity contribution in [1.82, 2.24) is 4.90 Å². The molecule has 0 spiro atoms. The third-order valence-electron chi connectivity index (χ3n) is 4.26. The van der Waals surface area contributed by atoms with E-state index in [-0.39, 0.29) is 17.8 Å². The fraction of sp³-hybridized carbons (Fsp3) is 0.625. The van der Waals surface area contributed by atoms with E-state index in [1.54, 1.807) is 0 Å². The Balaban J connectivity index is 0.00000242. The van der Waals surface area contributed by atoms with Crippen LogP contribution < -0.4 is 10.5 Å². The highest BCUT2D eigenvalue weighted by molar-refractivity contribution is 5.85. The average Bonchev–Trinajstić information content (AvgIpc) is 2.76. The molecule has 1 heterocycles. The van der Waals surface area contributed by atoms with Crippen LogP contribution in [0.1, 0.15) is 30.0 Å². The van der Waals surface area contributed by atoms with E-state index in [0.29, 0.717) is 12.3 Å². The molecule has 3 nitrogen and oxygen atoms in total. The highest BCUT2D eigenvalue weighted by Crippen LogP contribution is 2.31. The molecule has 126 valence electrons. The van der Waals surface area contributed by atoms with Crippen LogP contribution in [0.5, 0.6) is 5.75 Å². The van der Waals surface area contributed by atoms with Gasteiger partial charge in [0.25, 0.3) is 0 Å². The number of alkyl halides is 2. The second-order valence-electron chi connectivity index (χ2n) is 6.41. The molecule has 1 aliphatic heterocycles. The van der Waals surface area contributed by atoms with E-state index < -0.39 is 6.61 Å². The first-order valence-electron chi connectivity index (χ1n) is 7.30. The zero-order valence-electron chi connectivity index (χ0n) is 13.4. The van der Waals surface area contributed by atoms with Crippen LogP contribution in [0.2, 0.25) is 0 Å². The highest BCUT2D eigenvalue weighted by Gasteiger charge is 2.32. The summed E-state index contributed by atoms with van der Waals surface area (Å²) in [6.07, 6.45) is 1.11. The molecule has 0 radical (unpaired) electrons. The summed E-state index contributed by atoms with van der Waals surface area (Å²) in [5.74, 6) is 0.293. The molecule has 22 heavy (non-hydrogen) atoms. The van der Waals surface area contributed by atoms with Crippen molar-refractivity contribution < 1.29 is 13.5 Å². The number of nitrogens with two attached hydrogens (primary N) is 1.